The number of nitrogens with zero attached hydrogens (tertiary/aromatic N) is 1. The van der Waals surface area contributed by atoms with Crippen LogP contribution in [0.4, 0.5) is 0 Å². The summed E-state index contributed by atoms with van der Waals surface area (Å²) in [7, 11) is 1.59. The number of ether oxygens (including phenoxy) is 2. The standard InChI is InChI=1S/C18H26BrN3O3/c1-3-25-16-10-13(9-15(19)18(16)24-2)11-21-22-17(23)12-20-14-7-5-4-6-8-14/h9-11,14,20H,3-8,12H2,1-2H3,(H,22,23)/b21-11-. The van der Waals surface area contributed by atoms with Gasteiger partial charge < -0.3 is 14.8 Å². The molecule has 25 heavy (non-hydrogen) atoms. The molecule has 138 valence electrons. The highest BCUT2D eigenvalue weighted by Gasteiger charge is 2.13. The van der Waals surface area contributed by atoms with Gasteiger partial charge in [-0.15, -0.1) is 0 Å². The Morgan fingerprint density at radius 2 is 2.12 bits per heavy atom. The highest BCUT2D eigenvalue weighted by atomic mass is 79.9. The largest absolute Gasteiger partial charge is 0.492 e. The van der Waals surface area contributed by atoms with E-state index in [1.54, 1.807) is 13.3 Å². The summed E-state index contributed by atoms with van der Waals surface area (Å²) in [6.07, 6.45) is 7.67. The quantitative estimate of drug-likeness (QED) is 0.508. The van der Waals surface area contributed by atoms with Crippen molar-refractivity contribution in [1.29, 1.82) is 0 Å². The first-order valence-electron chi connectivity index (χ1n) is 8.69. The molecule has 0 aliphatic heterocycles. The molecule has 0 unspecified atom stereocenters. The molecule has 2 N–H and O–H groups in total. The Kier molecular flexibility index (Phi) is 8.21. The number of methoxy groups -OCH3 is 1. The molecule has 1 saturated carbocycles. The van der Waals surface area contributed by atoms with Crippen LogP contribution in [0.25, 0.3) is 0 Å². The van der Waals surface area contributed by atoms with Gasteiger partial charge in [-0.3, -0.25) is 4.79 Å². The van der Waals surface area contributed by atoms with Crippen LogP contribution in [0.2, 0.25) is 0 Å². The van der Waals surface area contributed by atoms with Crippen molar-refractivity contribution in [3.8, 4) is 11.5 Å². The molecule has 0 spiro atoms. The van der Waals surface area contributed by atoms with Crippen molar-refractivity contribution in [2.75, 3.05) is 20.3 Å². The summed E-state index contributed by atoms with van der Waals surface area (Å²) in [5.41, 5.74) is 3.35. The zero-order chi connectivity index (χ0) is 18.1. The summed E-state index contributed by atoms with van der Waals surface area (Å²) < 4.78 is 11.7. The molecule has 1 aromatic carbocycles. The molecule has 7 heteroatoms. The molecule has 0 atom stereocenters. The van der Waals surface area contributed by atoms with E-state index in [1.165, 1.54) is 19.3 Å². The highest BCUT2D eigenvalue weighted by Crippen LogP contribution is 2.36. The maximum Gasteiger partial charge on any atom is 0.254 e. The Morgan fingerprint density at radius 1 is 1.36 bits per heavy atom. The number of nitrogens with one attached hydrogen (secondary N) is 2. The van der Waals surface area contributed by atoms with Crippen LogP contribution in [0.1, 0.15) is 44.6 Å². The van der Waals surface area contributed by atoms with Crippen LogP contribution >= 0.6 is 15.9 Å². The van der Waals surface area contributed by atoms with Gasteiger partial charge in [0.2, 0.25) is 0 Å². The van der Waals surface area contributed by atoms with E-state index < -0.39 is 0 Å². The Morgan fingerprint density at radius 3 is 2.80 bits per heavy atom. The minimum atomic E-state index is -0.139. The van der Waals surface area contributed by atoms with E-state index in [2.05, 4.69) is 31.8 Å². The molecule has 1 aliphatic rings. The van der Waals surface area contributed by atoms with Crippen molar-refractivity contribution < 1.29 is 14.3 Å². The van der Waals surface area contributed by atoms with Crippen LogP contribution in [0, 0.1) is 0 Å². The minimum Gasteiger partial charge on any atom is -0.492 e. The number of carbonyl (C=O) groups is 1. The summed E-state index contributed by atoms with van der Waals surface area (Å²) in [5, 5.41) is 7.31. The molecule has 1 fully saturated rings. The van der Waals surface area contributed by atoms with E-state index in [4.69, 9.17) is 9.47 Å². The molecule has 1 amide bonds. The average molecular weight is 412 g/mol. The fourth-order valence-electron chi connectivity index (χ4n) is 2.89. The van der Waals surface area contributed by atoms with E-state index in [0.717, 1.165) is 22.9 Å². The van der Waals surface area contributed by atoms with Crippen molar-refractivity contribution in [2.45, 2.75) is 45.1 Å². The molecule has 6 nitrogen and oxygen atoms in total. The molecule has 0 saturated heterocycles. The molecule has 1 aromatic rings. The third-order valence-corrected chi connectivity index (χ3v) is 4.68. The van der Waals surface area contributed by atoms with Crippen LogP contribution < -0.4 is 20.2 Å². The molecular weight excluding hydrogens is 386 g/mol. The lowest BCUT2D eigenvalue weighted by Crippen LogP contribution is -2.38. The second kappa shape index (κ2) is 10.4. The number of hydrogen-bond donors (Lipinski definition) is 2. The first kappa shape index (κ1) is 19.7. The third kappa shape index (κ3) is 6.32. The first-order chi connectivity index (χ1) is 12.1. The summed E-state index contributed by atoms with van der Waals surface area (Å²) in [6, 6.07) is 4.13. The predicted molar refractivity (Wildman–Crippen MR) is 102 cm³/mol. The molecular formula is C18H26BrN3O3. The SMILES string of the molecule is CCOc1cc(/C=N\NC(=O)CNC2CCCCC2)cc(Br)c1OC. The summed E-state index contributed by atoms with van der Waals surface area (Å²) in [6.45, 7) is 2.74. The van der Waals surface area contributed by atoms with Gasteiger partial charge >= 0.3 is 0 Å². The topological polar surface area (TPSA) is 72.0 Å². The van der Waals surface area contributed by atoms with Crippen molar-refractivity contribution in [1.82, 2.24) is 10.7 Å². The molecule has 0 aromatic heterocycles. The Hall–Kier alpha value is -1.60. The Bertz CT molecular complexity index is 601. The summed E-state index contributed by atoms with van der Waals surface area (Å²) in [5.74, 6) is 1.13. The van der Waals surface area contributed by atoms with Gasteiger partial charge in [0, 0.05) is 6.04 Å². The lowest BCUT2D eigenvalue weighted by Gasteiger charge is -2.22. The predicted octanol–water partition coefficient (Wildman–Crippen LogP) is 3.23. The van der Waals surface area contributed by atoms with Gasteiger partial charge in [0.15, 0.2) is 11.5 Å². The van der Waals surface area contributed by atoms with E-state index in [0.29, 0.717) is 30.7 Å². The lowest BCUT2D eigenvalue weighted by molar-refractivity contribution is -0.120. The van der Waals surface area contributed by atoms with E-state index in [-0.39, 0.29) is 5.91 Å². The highest BCUT2D eigenvalue weighted by molar-refractivity contribution is 9.10. The second-order valence-corrected chi connectivity index (χ2v) is 6.83. The van der Waals surface area contributed by atoms with Crippen LogP contribution in [-0.2, 0) is 4.79 Å². The summed E-state index contributed by atoms with van der Waals surface area (Å²) >= 11 is 3.45. The number of hydrogen-bond acceptors (Lipinski definition) is 5. The van der Waals surface area contributed by atoms with Crippen LogP contribution in [0.3, 0.4) is 0 Å². The molecule has 1 aliphatic carbocycles. The number of halogens is 1. The van der Waals surface area contributed by atoms with Crippen molar-refractivity contribution >= 4 is 28.1 Å². The zero-order valence-corrected chi connectivity index (χ0v) is 16.4. The zero-order valence-electron chi connectivity index (χ0n) is 14.8. The maximum absolute atomic E-state index is 11.9. The number of benzene rings is 1. The van der Waals surface area contributed by atoms with Gasteiger partial charge in [0.1, 0.15) is 0 Å². The average Bonchev–Trinajstić information content (AvgIpc) is 2.61. The molecule has 0 bridgehead atoms. The molecule has 0 radical (unpaired) electrons. The Balaban J connectivity index is 1.87. The van der Waals surface area contributed by atoms with Gasteiger partial charge in [0.25, 0.3) is 5.91 Å². The number of amides is 1. The van der Waals surface area contributed by atoms with Crippen molar-refractivity contribution in [3.05, 3.63) is 22.2 Å². The van der Waals surface area contributed by atoms with E-state index in [1.807, 2.05) is 19.1 Å². The lowest BCUT2D eigenvalue weighted by atomic mass is 9.95. The summed E-state index contributed by atoms with van der Waals surface area (Å²) in [4.78, 5) is 11.9. The molecule has 0 heterocycles. The number of carbonyl (C=O) groups excluding carboxylic acids is 1. The van der Waals surface area contributed by atoms with Crippen molar-refractivity contribution in [3.63, 3.8) is 0 Å². The van der Waals surface area contributed by atoms with Gasteiger partial charge in [-0.05, 0) is 53.4 Å². The fraction of sp³-hybridized carbons (Fsp3) is 0.556. The van der Waals surface area contributed by atoms with Gasteiger partial charge in [-0.2, -0.15) is 5.10 Å². The van der Waals surface area contributed by atoms with Crippen LogP contribution in [-0.4, -0.2) is 38.4 Å². The first-order valence-corrected chi connectivity index (χ1v) is 9.49. The normalized spacial score (nSPS) is 15.3. The van der Waals surface area contributed by atoms with Gasteiger partial charge in [0.05, 0.1) is 30.9 Å². The van der Waals surface area contributed by atoms with Crippen LogP contribution in [0.5, 0.6) is 11.5 Å². The smallest absolute Gasteiger partial charge is 0.254 e. The van der Waals surface area contributed by atoms with Crippen molar-refractivity contribution in [2.24, 2.45) is 5.10 Å². The fourth-order valence-corrected chi connectivity index (χ4v) is 3.51. The maximum atomic E-state index is 11.9. The van der Waals surface area contributed by atoms with Crippen LogP contribution in [0.15, 0.2) is 21.7 Å². The monoisotopic (exact) mass is 411 g/mol. The minimum absolute atomic E-state index is 0.139. The Labute approximate surface area is 157 Å². The molecule has 2 rings (SSSR count). The third-order valence-electron chi connectivity index (χ3n) is 4.10. The van der Waals surface area contributed by atoms with E-state index >= 15 is 0 Å². The van der Waals surface area contributed by atoms with Gasteiger partial charge in [-0.1, -0.05) is 19.3 Å². The number of rotatable bonds is 8. The van der Waals surface area contributed by atoms with E-state index in [9.17, 15) is 4.79 Å². The van der Waals surface area contributed by atoms with Gasteiger partial charge in [-0.25, -0.2) is 5.43 Å². The number of hydrazone groups is 1. The second-order valence-electron chi connectivity index (χ2n) is 5.98.